The first-order chi connectivity index (χ1) is 30.1. The van der Waals surface area contributed by atoms with Crippen LogP contribution in [-0.4, -0.2) is 0 Å². The fourth-order valence-electron chi connectivity index (χ4n) is 13.9. The molecule has 0 heteroatoms. The third-order valence-corrected chi connectivity index (χ3v) is 15.1. The topological polar surface area (TPSA) is 0 Å². The third kappa shape index (κ3) is 7.27. The first-order valence-electron chi connectivity index (χ1n) is 24.9. The van der Waals surface area contributed by atoms with E-state index in [1.807, 2.05) is 0 Å². The van der Waals surface area contributed by atoms with Crippen molar-refractivity contribution in [2.75, 3.05) is 0 Å². The van der Waals surface area contributed by atoms with E-state index in [-0.39, 0.29) is 16.2 Å². The number of fused-ring (bicyclic) bond motifs is 9. The first-order valence-corrected chi connectivity index (χ1v) is 24.9. The van der Waals surface area contributed by atoms with Crippen molar-refractivity contribution in [2.45, 2.75) is 138 Å². The molecule has 63 heavy (non-hydrogen) atoms. The summed E-state index contributed by atoms with van der Waals surface area (Å²) in [6.45, 7) is 29.1. The van der Waals surface area contributed by atoms with Crippen LogP contribution in [0.3, 0.4) is 0 Å². The molecule has 326 valence electrons. The Morgan fingerprint density at radius 1 is 0.254 bits per heavy atom. The summed E-state index contributed by atoms with van der Waals surface area (Å²) in [6.07, 6.45) is 6.93. The Bertz CT molecular complexity index is 2450. The molecule has 0 aliphatic heterocycles. The zero-order valence-electron chi connectivity index (χ0n) is 40.8. The van der Waals surface area contributed by atoms with Crippen LogP contribution in [0.25, 0.3) is 55.6 Å². The van der Waals surface area contributed by atoms with Gasteiger partial charge < -0.3 is 0 Å². The molecule has 0 amide bonds. The summed E-state index contributed by atoms with van der Waals surface area (Å²) in [7, 11) is 0. The molecule has 3 aliphatic carbocycles. The molecule has 0 unspecified atom stereocenters. The summed E-state index contributed by atoms with van der Waals surface area (Å²) < 4.78 is 0. The molecule has 6 aromatic rings. The molecule has 0 spiro atoms. The zero-order chi connectivity index (χ0) is 44.6. The summed E-state index contributed by atoms with van der Waals surface area (Å²) in [5, 5.41) is 0. The Balaban J connectivity index is 1.19. The van der Waals surface area contributed by atoms with Crippen LogP contribution in [0.15, 0.2) is 121 Å². The van der Waals surface area contributed by atoms with E-state index in [4.69, 9.17) is 0 Å². The molecule has 9 rings (SSSR count). The second-order valence-electron chi connectivity index (χ2n) is 23.0. The average molecular weight is 831 g/mol. The number of benzene rings is 6. The minimum absolute atomic E-state index is 0.0241. The van der Waals surface area contributed by atoms with E-state index in [0.717, 1.165) is 12.8 Å². The number of rotatable bonds is 14. The average Bonchev–Trinajstić information content (AvgIpc) is 3.74. The van der Waals surface area contributed by atoms with E-state index in [1.54, 1.807) is 0 Å². The highest BCUT2D eigenvalue weighted by molar-refractivity contribution is 5.89. The Labute approximate surface area is 382 Å². The van der Waals surface area contributed by atoms with Gasteiger partial charge in [-0.3, -0.25) is 0 Å². The lowest BCUT2D eigenvalue weighted by Gasteiger charge is -2.37. The van der Waals surface area contributed by atoms with Crippen LogP contribution in [0.2, 0.25) is 0 Å². The Hall–Kier alpha value is -4.68. The van der Waals surface area contributed by atoms with E-state index in [2.05, 4.69) is 204 Å². The van der Waals surface area contributed by atoms with Gasteiger partial charge in [-0.05, 0) is 187 Å². The van der Waals surface area contributed by atoms with Crippen molar-refractivity contribution in [3.05, 3.63) is 155 Å². The molecule has 0 bridgehead atoms. The maximum atomic E-state index is 2.63. The SMILES string of the molecule is CC(C)CC1(CC(C)C)c2ccccc2-c2ccc(-c3ccc4c(c3)C(CC(C)C)(CC(C)C)c3cc(-c5ccc6c(c5)C(CC(C)C)(CC(C)C)c5ccccc5-6)ccc3-4)cc21. The molecule has 0 saturated heterocycles. The standard InChI is InChI=1S/C63H74/c1-39(2)33-61(34-40(3)4)55-19-15-13-17-49(55)51-25-21-45(29-57(51)61)47-23-27-53-54-28-24-48(32-60(54)63(37-43(9)10,38-44(11)12)59(53)31-47)46-22-26-52-50-18-14-16-20-56(50)62(35-41(5)6,36-42(7)8)58(52)30-46/h13-32,39-44H,33-38H2,1-12H3. The second kappa shape index (κ2) is 16.4. The second-order valence-corrected chi connectivity index (χ2v) is 23.0. The lowest BCUT2D eigenvalue weighted by atomic mass is 9.66. The maximum absolute atomic E-state index is 2.63. The molecular weight excluding hydrogens is 757 g/mol. The quantitative estimate of drug-likeness (QED) is 0.103. The lowest BCUT2D eigenvalue weighted by Crippen LogP contribution is -2.29. The summed E-state index contributed by atoms with van der Waals surface area (Å²) in [5.74, 6) is 3.48. The third-order valence-electron chi connectivity index (χ3n) is 15.1. The lowest BCUT2D eigenvalue weighted by molar-refractivity contribution is 0.337. The van der Waals surface area contributed by atoms with E-state index < -0.39 is 0 Å². The van der Waals surface area contributed by atoms with Gasteiger partial charge in [-0.25, -0.2) is 0 Å². The predicted octanol–water partition coefficient (Wildman–Crippen LogP) is 18.1. The molecule has 0 nitrogen and oxygen atoms in total. The van der Waals surface area contributed by atoms with Crippen LogP contribution >= 0.6 is 0 Å². The molecule has 6 aromatic carbocycles. The van der Waals surface area contributed by atoms with Gasteiger partial charge >= 0.3 is 0 Å². The van der Waals surface area contributed by atoms with Gasteiger partial charge in [0.15, 0.2) is 0 Å². The Morgan fingerprint density at radius 3 is 0.698 bits per heavy atom. The van der Waals surface area contributed by atoms with Gasteiger partial charge in [0.25, 0.3) is 0 Å². The highest BCUT2D eigenvalue weighted by atomic mass is 14.5. The molecule has 3 aliphatic rings. The van der Waals surface area contributed by atoms with Crippen LogP contribution in [0.4, 0.5) is 0 Å². The highest BCUT2D eigenvalue weighted by Gasteiger charge is 2.47. The molecule has 0 aromatic heterocycles. The minimum atomic E-state index is -0.0724. The van der Waals surface area contributed by atoms with E-state index >= 15 is 0 Å². The molecule has 0 heterocycles. The van der Waals surface area contributed by atoms with Crippen LogP contribution in [0.5, 0.6) is 0 Å². The van der Waals surface area contributed by atoms with Gasteiger partial charge in [-0.1, -0.05) is 180 Å². The maximum Gasteiger partial charge on any atom is 0.0220 e. The van der Waals surface area contributed by atoms with Crippen molar-refractivity contribution in [3.8, 4) is 55.6 Å². The van der Waals surface area contributed by atoms with E-state index in [9.17, 15) is 0 Å². The van der Waals surface area contributed by atoms with E-state index in [0.29, 0.717) is 35.5 Å². The van der Waals surface area contributed by atoms with Crippen molar-refractivity contribution >= 4 is 0 Å². The van der Waals surface area contributed by atoms with Crippen LogP contribution in [0, 0.1) is 35.5 Å². The van der Waals surface area contributed by atoms with Gasteiger partial charge in [0.2, 0.25) is 0 Å². The zero-order valence-corrected chi connectivity index (χ0v) is 40.8. The molecule has 0 radical (unpaired) electrons. The molecular formula is C63H74. The molecule has 0 atom stereocenters. The first kappa shape index (κ1) is 43.6. The van der Waals surface area contributed by atoms with Crippen LogP contribution in [0.1, 0.15) is 155 Å². The summed E-state index contributed by atoms with van der Waals surface area (Å²) in [5.41, 5.74) is 23.2. The van der Waals surface area contributed by atoms with Gasteiger partial charge in [-0.15, -0.1) is 0 Å². The largest absolute Gasteiger partial charge is 0.0627 e. The Kier molecular flexibility index (Phi) is 11.3. The van der Waals surface area contributed by atoms with Crippen molar-refractivity contribution in [1.82, 2.24) is 0 Å². The van der Waals surface area contributed by atoms with Gasteiger partial charge in [0, 0.05) is 16.2 Å². The van der Waals surface area contributed by atoms with Gasteiger partial charge in [0.05, 0.1) is 0 Å². The van der Waals surface area contributed by atoms with E-state index in [1.165, 1.54) is 115 Å². The number of hydrogen-bond donors (Lipinski definition) is 0. The van der Waals surface area contributed by atoms with Crippen LogP contribution < -0.4 is 0 Å². The minimum Gasteiger partial charge on any atom is -0.0627 e. The number of hydrogen-bond acceptors (Lipinski definition) is 0. The van der Waals surface area contributed by atoms with Crippen molar-refractivity contribution < 1.29 is 0 Å². The normalized spacial score (nSPS) is 16.0. The highest BCUT2D eigenvalue weighted by Crippen LogP contribution is 2.60. The fraction of sp³-hybridized carbons (Fsp3) is 0.429. The fourth-order valence-corrected chi connectivity index (χ4v) is 13.9. The van der Waals surface area contributed by atoms with Crippen LogP contribution in [-0.2, 0) is 16.2 Å². The predicted molar refractivity (Wildman–Crippen MR) is 273 cm³/mol. The molecule has 0 fully saturated rings. The molecule has 0 N–H and O–H groups in total. The Morgan fingerprint density at radius 2 is 0.460 bits per heavy atom. The smallest absolute Gasteiger partial charge is 0.0220 e. The summed E-state index contributed by atoms with van der Waals surface area (Å²) >= 11 is 0. The summed E-state index contributed by atoms with van der Waals surface area (Å²) in [4.78, 5) is 0. The van der Waals surface area contributed by atoms with Gasteiger partial charge in [0.1, 0.15) is 0 Å². The molecule has 0 saturated carbocycles. The van der Waals surface area contributed by atoms with Crippen molar-refractivity contribution in [2.24, 2.45) is 35.5 Å². The van der Waals surface area contributed by atoms with Crippen molar-refractivity contribution in [1.29, 1.82) is 0 Å². The van der Waals surface area contributed by atoms with Gasteiger partial charge in [-0.2, -0.15) is 0 Å². The summed E-state index contributed by atoms with van der Waals surface area (Å²) in [6, 6.07) is 48.7. The monoisotopic (exact) mass is 831 g/mol. The van der Waals surface area contributed by atoms with Crippen molar-refractivity contribution in [3.63, 3.8) is 0 Å².